The Kier molecular flexibility index (Phi) is 4.02. The molecule has 0 radical (unpaired) electrons. The molecule has 3 aromatic rings. The molecule has 0 spiro atoms. The lowest BCUT2D eigenvalue weighted by Gasteiger charge is -2.09. The zero-order valence-corrected chi connectivity index (χ0v) is 12.4. The van der Waals surface area contributed by atoms with Gasteiger partial charge in [0.2, 0.25) is 0 Å². The van der Waals surface area contributed by atoms with Crippen LogP contribution < -0.4 is 10.3 Å². The van der Waals surface area contributed by atoms with Crippen LogP contribution in [0.1, 0.15) is 0 Å². The molecule has 0 aliphatic rings. The summed E-state index contributed by atoms with van der Waals surface area (Å²) in [4.78, 5) is 15.4. The molecule has 6 heteroatoms. The standard InChI is InChI=1S/C16H13FN2O2S/c17-11-5-7-12(8-6-11)21-10-9-19-15(20)13-3-1-2-4-14(13)18-16(19)22/h1-8H,9-10H2,(H,18,22). The van der Waals surface area contributed by atoms with Crippen molar-refractivity contribution in [2.45, 2.75) is 6.54 Å². The molecule has 22 heavy (non-hydrogen) atoms. The van der Waals surface area contributed by atoms with E-state index in [9.17, 15) is 9.18 Å². The number of rotatable bonds is 4. The van der Waals surface area contributed by atoms with Crippen LogP contribution in [0, 0.1) is 10.6 Å². The highest BCUT2D eigenvalue weighted by atomic mass is 32.1. The summed E-state index contributed by atoms with van der Waals surface area (Å²) in [7, 11) is 0. The van der Waals surface area contributed by atoms with Crippen LogP contribution >= 0.6 is 12.2 Å². The Morgan fingerprint density at radius 3 is 2.64 bits per heavy atom. The van der Waals surface area contributed by atoms with Crippen molar-refractivity contribution in [1.82, 2.24) is 9.55 Å². The number of aromatic nitrogens is 2. The number of halogens is 1. The van der Waals surface area contributed by atoms with Crippen molar-refractivity contribution < 1.29 is 9.13 Å². The first-order chi connectivity index (χ1) is 10.6. The predicted octanol–water partition coefficient (Wildman–Crippen LogP) is 3.28. The van der Waals surface area contributed by atoms with Gasteiger partial charge in [-0.1, -0.05) is 12.1 Å². The molecule has 1 N–H and O–H groups in total. The molecule has 0 unspecified atom stereocenters. The summed E-state index contributed by atoms with van der Waals surface area (Å²) in [5.41, 5.74) is 0.565. The molecule has 1 heterocycles. The van der Waals surface area contributed by atoms with E-state index in [2.05, 4.69) is 4.98 Å². The van der Waals surface area contributed by atoms with Crippen LogP contribution in [-0.2, 0) is 6.54 Å². The number of hydrogen-bond acceptors (Lipinski definition) is 3. The topological polar surface area (TPSA) is 47.0 Å². The highest BCUT2D eigenvalue weighted by molar-refractivity contribution is 7.71. The molecule has 0 amide bonds. The molecule has 112 valence electrons. The average molecular weight is 316 g/mol. The fourth-order valence-corrected chi connectivity index (χ4v) is 2.47. The van der Waals surface area contributed by atoms with Gasteiger partial charge in [-0.05, 0) is 48.6 Å². The zero-order chi connectivity index (χ0) is 15.5. The monoisotopic (exact) mass is 316 g/mol. The Balaban J connectivity index is 1.80. The fourth-order valence-electron chi connectivity index (χ4n) is 2.19. The Morgan fingerprint density at radius 2 is 1.86 bits per heavy atom. The van der Waals surface area contributed by atoms with Crippen LogP contribution in [0.4, 0.5) is 4.39 Å². The third-order valence-electron chi connectivity index (χ3n) is 3.29. The first kappa shape index (κ1) is 14.5. The lowest BCUT2D eigenvalue weighted by atomic mass is 10.2. The van der Waals surface area contributed by atoms with Gasteiger partial charge in [0.05, 0.1) is 17.4 Å². The van der Waals surface area contributed by atoms with Crippen molar-refractivity contribution in [3.05, 3.63) is 69.5 Å². The van der Waals surface area contributed by atoms with Crippen LogP contribution in [0.5, 0.6) is 5.75 Å². The molecule has 0 aliphatic heterocycles. The molecule has 0 atom stereocenters. The van der Waals surface area contributed by atoms with E-state index in [0.29, 0.717) is 28.0 Å². The second-order valence-electron chi connectivity index (χ2n) is 4.73. The Hall–Kier alpha value is -2.47. The largest absolute Gasteiger partial charge is 0.492 e. The number of nitrogens with zero attached hydrogens (tertiary/aromatic N) is 1. The van der Waals surface area contributed by atoms with E-state index in [-0.39, 0.29) is 18.0 Å². The molecule has 0 fully saturated rings. The second-order valence-corrected chi connectivity index (χ2v) is 5.12. The lowest BCUT2D eigenvalue weighted by Crippen LogP contribution is -2.25. The van der Waals surface area contributed by atoms with Gasteiger partial charge in [0.15, 0.2) is 4.77 Å². The molecular formula is C16H13FN2O2S. The molecule has 0 saturated heterocycles. The minimum atomic E-state index is -0.319. The third-order valence-corrected chi connectivity index (χ3v) is 3.61. The van der Waals surface area contributed by atoms with E-state index >= 15 is 0 Å². The molecule has 0 saturated carbocycles. The van der Waals surface area contributed by atoms with E-state index in [0.717, 1.165) is 0 Å². The number of fused-ring (bicyclic) bond motifs is 1. The van der Waals surface area contributed by atoms with Crippen molar-refractivity contribution >= 4 is 23.1 Å². The van der Waals surface area contributed by atoms with Gasteiger partial charge in [-0.3, -0.25) is 9.36 Å². The van der Waals surface area contributed by atoms with Crippen LogP contribution in [-0.4, -0.2) is 16.2 Å². The minimum absolute atomic E-state index is 0.151. The van der Waals surface area contributed by atoms with Crippen molar-refractivity contribution in [3.8, 4) is 5.75 Å². The number of ether oxygens (including phenoxy) is 1. The van der Waals surface area contributed by atoms with Crippen LogP contribution in [0.25, 0.3) is 10.9 Å². The summed E-state index contributed by atoms with van der Waals surface area (Å²) in [6.07, 6.45) is 0. The predicted molar refractivity (Wildman–Crippen MR) is 85.3 cm³/mol. The summed E-state index contributed by atoms with van der Waals surface area (Å²) in [5, 5.41) is 0.581. The molecule has 0 bridgehead atoms. The first-order valence-electron chi connectivity index (χ1n) is 6.75. The highest BCUT2D eigenvalue weighted by Gasteiger charge is 2.05. The van der Waals surface area contributed by atoms with Gasteiger partial charge in [0.25, 0.3) is 5.56 Å². The SMILES string of the molecule is O=c1c2ccccc2[nH]c(=S)n1CCOc1ccc(F)cc1. The number of para-hydroxylation sites is 1. The summed E-state index contributed by atoms with van der Waals surface area (Å²) in [6, 6.07) is 12.9. The Morgan fingerprint density at radius 1 is 1.14 bits per heavy atom. The summed E-state index contributed by atoms with van der Waals surface area (Å²) < 4.78 is 20.1. The highest BCUT2D eigenvalue weighted by Crippen LogP contribution is 2.11. The molecule has 1 aromatic heterocycles. The first-order valence-corrected chi connectivity index (χ1v) is 7.16. The molecular weight excluding hydrogens is 303 g/mol. The third kappa shape index (κ3) is 2.92. The lowest BCUT2D eigenvalue weighted by molar-refractivity contribution is 0.295. The van der Waals surface area contributed by atoms with Crippen molar-refractivity contribution in [2.75, 3.05) is 6.61 Å². The number of benzene rings is 2. The Labute approximate surface area is 130 Å². The van der Waals surface area contributed by atoms with Crippen LogP contribution in [0.3, 0.4) is 0 Å². The van der Waals surface area contributed by atoms with Gasteiger partial charge in [-0.15, -0.1) is 0 Å². The average Bonchev–Trinajstić information content (AvgIpc) is 2.52. The Bertz CT molecular complexity index is 916. The molecule has 0 aliphatic carbocycles. The molecule has 4 nitrogen and oxygen atoms in total. The number of nitrogens with one attached hydrogen (secondary N) is 1. The zero-order valence-electron chi connectivity index (χ0n) is 11.6. The van der Waals surface area contributed by atoms with Gasteiger partial charge in [0.1, 0.15) is 18.2 Å². The van der Waals surface area contributed by atoms with E-state index < -0.39 is 0 Å². The second kappa shape index (κ2) is 6.11. The van der Waals surface area contributed by atoms with E-state index in [1.165, 1.54) is 16.7 Å². The molecule has 3 rings (SSSR count). The summed E-state index contributed by atoms with van der Waals surface area (Å²) in [6.45, 7) is 0.581. The summed E-state index contributed by atoms with van der Waals surface area (Å²) in [5.74, 6) is 0.227. The van der Waals surface area contributed by atoms with E-state index in [1.54, 1.807) is 24.3 Å². The van der Waals surface area contributed by atoms with Crippen molar-refractivity contribution in [3.63, 3.8) is 0 Å². The maximum Gasteiger partial charge on any atom is 0.262 e. The van der Waals surface area contributed by atoms with E-state index in [1.807, 2.05) is 12.1 Å². The van der Waals surface area contributed by atoms with Gasteiger partial charge >= 0.3 is 0 Å². The number of H-pyrrole nitrogens is 1. The van der Waals surface area contributed by atoms with Gasteiger partial charge in [-0.2, -0.15) is 0 Å². The smallest absolute Gasteiger partial charge is 0.262 e. The van der Waals surface area contributed by atoms with Gasteiger partial charge in [-0.25, -0.2) is 4.39 Å². The van der Waals surface area contributed by atoms with Crippen LogP contribution in [0.15, 0.2) is 53.3 Å². The normalized spacial score (nSPS) is 10.8. The maximum atomic E-state index is 12.8. The minimum Gasteiger partial charge on any atom is -0.492 e. The fraction of sp³-hybridized carbons (Fsp3) is 0.125. The van der Waals surface area contributed by atoms with Crippen molar-refractivity contribution in [1.29, 1.82) is 0 Å². The van der Waals surface area contributed by atoms with Gasteiger partial charge in [0, 0.05) is 0 Å². The molecule has 2 aromatic carbocycles. The van der Waals surface area contributed by atoms with Crippen molar-refractivity contribution in [2.24, 2.45) is 0 Å². The van der Waals surface area contributed by atoms with Gasteiger partial charge < -0.3 is 9.72 Å². The maximum absolute atomic E-state index is 12.8. The van der Waals surface area contributed by atoms with Crippen LogP contribution in [0.2, 0.25) is 0 Å². The number of hydrogen-bond donors (Lipinski definition) is 1. The van der Waals surface area contributed by atoms with E-state index in [4.69, 9.17) is 17.0 Å². The number of aromatic amines is 1. The summed E-state index contributed by atoms with van der Waals surface area (Å²) >= 11 is 5.22. The quantitative estimate of drug-likeness (QED) is 0.752.